The second-order valence-electron chi connectivity index (χ2n) is 4.97. The number of benzene rings is 2. The predicted octanol–water partition coefficient (Wildman–Crippen LogP) is 3.05. The van der Waals surface area contributed by atoms with Crippen LogP contribution in [0.25, 0.3) is 10.9 Å². The minimum atomic E-state index is -0.543. The van der Waals surface area contributed by atoms with Crippen LogP contribution in [0.15, 0.2) is 58.5 Å². The molecule has 0 bridgehead atoms. The molecule has 0 saturated carbocycles. The molecule has 0 N–H and O–H groups in total. The van der Waals surface area contributed by atoms with E-state index in [-0.39, 0.29) is 22.7 Å². The van der Waals surface area contributed by atoms with Gasteiger partial charge >= 0.3 is 0 Å². The van der Waals surface area contributed by atoms with Gasteiger partial charge in [-0.2, -0.15) is 0 Å². The highest BCUT2D eigenvalue weighted by Crippen LogP contribution is 2.19. The first kappa shape index (κ1) is 15.4. The van der Waals surface area contributed by atoms with Crippen molar-refractivity contribution in [2.45, 2.75) is 5.16 Å². The maximum Gasteiger partial charge on any atom is 0.261 e. The summed E-state index contributed by atoms with van der Waals surface area (Å²) in [5.74, 6) is -0.867. The fourth-order valence-electron chi connectivity index (χ4n) is 2.22. The molecule has 4 nitrogen and oxygen atoms in total. The van der Waals surface area contributed by atoms with E-state index in [2.05, 4.69) is 4.98 Å². The number of fused-ring (bicyclic) bond motifs is 1. The Hall–Kier alpha value is -2.47. The molecule has 0 amide bonds. The zero-order chi connectivity index (χ0) is 16.4. The smallest absolute Gasteiger partial charge is 0.261 e. The molecule has 2 aromatic carbocycles. The molecule has 116 valence electrons. The number of hydrogen-bond acceptors (Lipinski definition) is 4. The van der Waals surface area contributed by atoms with E-state index in [1.54, 1.807) is 37.4 Å². The van der Waals surface area contributed by atoms with Crippen LogP contribution < -0.4 is 5.56 Å². The Morgan fingerprint density at radius 3 is 2.65 bits per heavy atom. The third-order valence-corrected chi connectivity index (χ3v) is 4.48. The molecule has 0 aliphatic rings. The van der Waals surface area contributed by atoms with Gasteiger partial charge in [0.05, 0.1) is 22.2 Å². The number of Topliss-reactive ketones (excluding diaryl/α,β-unsaturated/α-hetero) is 1. The molecule has 1 heterocycles. The van der Waals surface area contributed by atoms with Gasteiger partial charge in [0.15, 0.2) is 10.9 Å². The molecule has 0 unspecified atom stereocenters. The first-order valence-corrected chi connectivity index (χ1v) is 7.93. The predicted molar refractivity (Wildman–Crippen MR) is 88.4 cm³/mol. The summed E-state index contributed by atoms with van der Waals surface area (Å²) in [6.45, 7) is 0. The number of halogens is 1. The molecule has 3 rings (SSSR count). The molecule has 6 heteroatoms. The lowest BCUT2D eigenvalue weighted by molar-refractivity contribution is 0.101. The van der Waals surface area contributed by atoms with Gasteiger partial charge in [-0.05, 0) is 24.3 Å². The molecule has 0 aliphatic heterocycles. The summed E-state index contributed by atoms with van der Waals surface area (Å²) < 4.78 is 15.0. The number of rotatable bonds is 4. The summed E-state index contributed by atoms with van der Waals surface area (Å²) in [4.78, 5) is 28.8. The molecule has 0 spiro atoms. The quantitative estimate of drug-likeness (QED) is 0.420. The van der Waals surface area contributed by atoms with Crippen molar-refractivity contribution in [2.75, 3.05) is 5.75 Å². The van der Waals surface area contributed by atoms with Crippen molar-refractivity contribution in [1.82, 2.24) is 9.55 Å². The Labute approximate surface area is 136 Å². The Morgan fingerprint density at radius 2 is 1.87 bits per heavy atom. The molecule has 1 aromatic heterocycles. The zero-order valence-corrected chi connectivity index (χ0v) is 13.1. The first-order valence-electron chi connectivity index (χ1n) is 6.94. The summed E-state index contributed by atoms with van der Waals surface area (Å²) in [6.07, 6.45) is 0. The summed E-state index contributed by atoms with van der Waals surface area (Å²) in [5, 5.41) is 0.957. The fourth-order valence-corrected chi connectivity index (χ4v) is 3.08. The van der Waals surface area contributed by atoms with Crippen molar-refractivity contribution in [3.63, 3.8) is 0 Å². The van der Waals surface area contributed by atoms with E-state index >= 15 is 0 Å². The van der Waals surface area contributed by atoms with E-state index in [4.69, 9.17) is 0 Å². The van der Waals surface area contributed by atoms with Crippen molar-refractivity contribution in [2.24, 2.45) is 7.05 Å². The van der Waals surface area contributed by atoms with E-state index in [0.29, 0.717) is 16.1 Å². The number of para-hydroxylation sites is 1. The Bertz CT molecular complexity index is 953. The van der Waals surface area contributed by atoms with Crippen molar-refractivity contribution in [1.29, 1.82) is 0 Å². The Balaban J connectivity index is 1.88. The molecular weight excluding hydrogens is 315 g/mol. The molecule has 0 atom stereocenters. The standard InChI is InChI=1S/C17H13FN2O2S/c1-20-16(22)12-7-3-5-9-14(12)19-17(20)23-10-15(21)11-6-2-4-8-13(11)18/h2-9H,10H2,1H3. The highest BCUT2D eigenvalue weighted by molar-refractivity contribution is 7.99. The summed E-state index contributed by atoms with van der Waals surface area (Å²) >= 11 is 1.12. The van der Waals surface area contributed by atoms with Crippen molar-refractivity contribution in [3.05, 3.63) is 70.3 Å². The summed E-state index contributed by atoms with van der Waals surface area (Å²) in [6, 6.07) is 12.9. The number of hydrogen-bond donors (Lipinski definition) is 0. The second-order valence-corrected chi connectivity index (χ2v) is 5.91. The highest BCUT2D eigenvalue weighted by Gasteiger charge is 2.14. The van der Waals surface area contributed by atoms with E-state index in [0.717, 1.165) is 11.8 Å². The van der Waals surface area contributed by atoms with E-state index in [9.17, 15) is 14.0 Å². The Kier molecular flexibility index (Phi) is 4.25. The monoisotopic (exact) mass is 328 g/mol. The number of thioether (sulfide) groups is 1. The van der Waals surface area contributed by atoms with Crippen LogP contribution in [0.2, 0.25) is 0 Å². The van der Waals surface area contributed by atoms with E-state index in [1.165, 1.54) is 22.8 Å². The average molecular weight is 328 g/mol. The van der Waals surface area contributed by atoms with Crippen LogP contribution in [0.3, 0.4) is 0 Å². The van der Waals surface area contributed by atoms with Crippen LogP contribution in [0.5, 0.6) is 0 Å². The lowest BCUT2D eigenvalue weighted by Crippen LogP contribution is -2.20. The van der Waals surface area contributed by atoms with E-state index in [1.807, 2.05) is 0 Å². The van der Waals surface area contributed by atoms with Gasteiger partial charge in [-0.25, -0.2) is 9.37 Å². The van der Waals surface area contributed by atoms with Gasteiger partial charge in [-0.1, -0.05) is 36.0 Å². The number of carbonyl (C=O) groups is 1. The maximum atomic E-state index is 13.6. The van der Waals surface area contributed by atoms with Gasteiger partial charge in [0.1, 0.15) is 5.82 Å². The van der Waals surface area contributed by atoms with Gasteiger partial charge in [0.2, 0.25) is 0 Å². The molecule has 0 fully saturated rings. The first-order chi connectivity index (χ1) is 11.1. The minimum absolute atomic E-state index is 0.0134. The van der Waals surface area contributed by atoms with Gasteiger partial charge < -0.3 is 0 Å². The van der Waals surface area contributed by atoms with Crippen molar-refractivity contribution >= 4 is 28.4 Å². The van der Waals surface area contributed by atoms with Gasteiger partial charge in [0, 0.05) is 7.05 Å². The second kappa shape index (κ2) is 6.34. The molecule has 0 radical (unpaired) electrons. The van der Waals surface area contributed by atoms with Crippen LogP contribution in [0.1, 0.15) is 10.4 Å². The number of carbonyl (C=O) groups excluding carboxylic acids is 1. The number of ketones is 1. The molecule has 3 aromatic rings. The number of aromatic nitrogens is 2. The molecular formula is C17H13FN2O2S. The average Bonchev–Trinajstić information content (AvgIpc) is 2.57. The minimum Gasteiger partial charge on any atom is -0.293 e. The van der Waals surface area contributed by atoms with Gasteiger partial charge in [-0.3, -0.25) is 14.2 Å². The van der Waals surface area contributed by atoms with Crippen LogP contribution in [0, 0.1) is 5.82 Å². The topological polar surface area (TPSA) is 52.0 Å². The Morgan fingerprint density at radius 1 is 1.17 bits per heavy atom. The summed E-state index contributed by atoms with van der Waals surface area (Å²) in [5.41, 5.74) is 0.457. The normalized spacial score (nSPS) is 10.9. The maximum absolute atomic E-state index is 13.6. The van der Waals surface area contributed by atoms with Crippen LogP contribution >= 0.6 is 11.8 Å². The highest BCUT2D eigenvalue weighted by atomic mass is 32.2. The van der Waals surface area contributed by atoms with Crippen LogP contribution in [-0.4, -0.2) is 21.1 Å². The van der Waals surface area contributed by atoms with E-state index < -0.39 is 5.82 Å². The van der Waals surface area contributed by atoms with Crippen molar-refractivity contribution in [3.8, 4) is 0 Å². The largest absolute Gasteiger partial charge is 0.293 e. The zero-order valence-electron chi connectivity index (χ0n) is 12.3. The summed E-state index contributed by atoms with van der Waals surface area (Å²) in [7, 11) is 1.61. The third-order valence-electron chi connectivity index (χ3n) is 3.45. The molecule has 0 aliphatic carbocycles. The lowest BCUT2D eigenvalue weighted by atomic mass is 10.1. The van der Waals surface area contributed by atoms with Gasteiger partial charge in [0.25, 0.3) is 5.56 Å². The van der Waals surface area contributed by atoms with Crippen LogP contribution in [-0.2, 0) is 7.05 Å². The number of nitrogens with zero attached hydrogens (tertiary/aromatic N) is 2. The van der Waals surface area contributed by atoms with Crippen LogP contribution in [0.4, 0.5) is 4.39 Å². The lowest BCUT2D eigenvalue weighted by Gasteiger charge is -2.08. The van der Waals surface area contributed by atoms with Crippen molar-refractivity contribution < 1.29 is 9.18 Å². The van der Waals surface area contributed by atoms with Gasteiger partial charge in [-0.15, -0.1) is 0 Å². The molecule has 0 saturated heterocycles. The molecule has 23 heavy (non-hydrogen) atoms. The fraction of sp³-hybridized carbons (Fsp3) is 0.118. The SMILES string of the molecule is Cn1c(SCC(=O)c2ccccc2F)nc2ccccc2c1=O. The third kappa shape index (κ3) is 3.03.